The van der Waals surface area contributed by atoms with Gasteiger partial charge in [0.1, 0.15) is 17.8 Å². The van der Waals surface area contributed by atoms with Crippen molar-refractivity contribution in [1.82, 2.24) is 10.2 Å². The van der Waals surface area contributed by atoms with Crippen molar-refractivity contribution in [3.8, 4) is 0 Å². The summed E-state index contributed by atoms with van der Waals surface area (Å²) in [5.74, 6) is -1.32. The molecule has 8 nitrogen and oxygen atoms in total. The third kappa shape index (κ3) is 5.84. The summed E-state index contributed by atoms with van der Waals surface area (Å²) in [7, 11) is 0. The fourth-order valence-electron chi connectivity index (χ4n) is 3.31. The molecule has 3 rings (SSSR count). The van der Waals surface area contributed by atoms with Crippen molar-refractivity contribution in [2.24, 2.45) is 21.5 Å². The summed E-state index contributed by atoms with van der Waals surface area (Å²) in [6.07, 6.45) is -6.13. The average molecular weight is 464 g/mol. The van der Waals surface area contributed by atoms with E-state index in [2.05, 4.69) is 15.3 Å². The molecule has 176 valence electrons. The monoisotopic (exact) mass is 464 g/mol. The summed E-state index contributed by atoms with van der Waals surface area (Å²) < 4.78 is 54.1. The van der Waals surface area contributed by atoms with Crippen molar-refractivity contribution in [3.05, 3.63) is 65.0 Å². The van der Waals surface area contributed by atoms with E-state index in [9.17, 15) is 17.6 Å². The number of rotatable bonds is 3. The minimum atomic E-state index is -4.64. The lowest BCUT2D eigenvalue weighted by atomic mass is 10.1. The Morgan fingerprint density at radius 2 is 1.79 bits per heavy atom. The van der Waals surface area contributed by atoms with E-state index in [-0.39, 0.29) is 34.3 Å². The Labute approximate surface area is 187 Å². The van der Waals surface area contributed by atoms with Gasteiger partial charge in [0.05, 0.1) is 5.56 Å². The van der Waals surface area contributed by atoms with Gasteiger partial charge in [0.15, 0.2) is 11.7 Å². The van der Waals surface area contributed by atoms with E-state index in [0.717, 1.165) is 18.2 Å². The zero-order valence-electron chi connectivity index (χ0n) is 17.5. The van der Waals surface area contributed by atoms with Crippen LogP contribution in [0.1, 0.15) is 22.9 Å². The van der Waals surface area contributed by atoms with E-state index in [0.29, 0.717) is 26.2 Å². The molecule has 8 N–H and O–H groups in total. The molecule has 1 aliphatic rings. The van der Waals surface area contributed by atoms with Gasteiger partial charge in [-0.05, 0) is 24.3 Å². The summed E-state index contributed by atoms with van der Waals surface area (Å²) in [4.78, 5) is 9.89. The van der Waals surface area contributed by atoms with Gasteiger partial charge in [-0.25, -0.2) is 14.4 Å². The first-order chi connectivity index (χ1) is 15.6. The van der Waals surface area contributed by atoms with E-state index in [1.54, 1.807) is 4.90 Å². The smallest absolute Gasteiger partial charge is 0.398 e. The van der Waals surface area contributed by atoms with Gasteiger partial charge in [0.2, 0.25) is 0 Å². The number of amidine groups is 3. The fourth-order valence-corrected chi connectivity index (χ4v) is 3.31. The largest absolute Gasteiger partial charge is 0.416 e. The van der Waals surface area contributed by atoms with E-state index in [1.165, 1.54) is 24.3 Å². The van der Waals surface area contributed by atoms with Crippen molar-refractivity contribution in [3.63, 3.8) is 0 Å². The summed E-state index contributed by atoms with van der Waals surface area (Å²) in [6, 6.07) is 8.28. The molecule has 2 aromatic carbocycles. The minimum Gasteiger partial charge on any atom is -0.398 e. The Hall–Kier alpha value is -3.51. The van der Waals surface area contributed by atoms with Crippen LogP contribution in [-0.4, -0.2) is 48.6 Å². The van der Waals surface area contributed by atoms with Crippen LogP contribution in [-0.2, 0) is 6.18 Å². The fraction of sp³-hybridized carbons (Fsp3) is 0.286. The summed E-state index contributed by atoms with van der Waals surface area (Å²) in [6.45, 7) is 2.08. The molecule has 1 unspecified atom stereocenters. The quantitative estimate of drug-likeness (QED) is 0.205. The van der Waals surface area contributed by atoms with Gasteiger partial charge in [0, 0.05) is 43.0 Å². The molecule has 1 heterocycles. The Morgan fingerprint density at radius 1 is 1.12 bits per heavy atom. The molecule has 0 saturated carbocycles. The van der Waals surface area contributed by atoms with Crippen LogP contribution in [0.2, 0.25) is 0 Å². The maximum Gasteiger partial charge on any atom is 0.416 e. The molecular weight excluding hydrogens is 440 g/mol. The number of nitrogens with two attached hydrogens (primary N) is 3. The second-order valence-corrected chi connectivity index (χ2v) is 7.30. The van der Waals surface area contributed by atoms with Crippen molar-refractivity contribution in [2.75, 3.05) is 31.9 Å². The molecule has 0 amide bonds. The van der Waals surface area contributed by atoms with Crippen LogP contribution >= 0.6 is 0 Å². The lowest BCUT2D eigenvalue weighted by Gasteiger charge is -2.29. The predicted octanol–water partition coefficient (Wildman–Crippen LogP) is 2.07. The molecule has 0 aliphatic carbocycles. The molecule has 0 radical (unpaired) electrons. The number of anilines is 1. The van der Waals surface area contributed by atoms with E-state index < -0.39 is 23.7 Å². The van der Waals surface area contributed by atoms with Crippen LogP contribution in [0.5, 0.6) is 0 Å². The third-order valence-corrected chi connectivity index (χ3v) is 5.01. The standard InChI is InChI=1S/C21H24F4N8/c22-12-5-6-16(26)14(11-12)18(28)32-20(19(29)33-9-7-30-8-10-33)31-17(27)13-3-1-2-4-15(13)21(23,24)25/h1-6,11,17,29-30H,7-10,26-27H2,(H2,28,31,32). The highest BCUT2D eigenvalue weighted by atomic mass is 19.4. The van der Waals surface area contributed by atoms with Gasteiger partial charge in [-0.15, -0.1) is 0 Å². The Bertz CT molecular complexity index is 1070. The molecule has 0 bridgehead atoms. The maximum absolute atomic E-state index is 13.7. The van der Waals surface area contributed by atoms with Gasteiger partial charge in [-0.1, -0.05) is 18.2 Å². The first-order valence-electron chi connectivity index (χ1n) is 10.0. The molecule has 1 aliphatic heterocycles. The number of nitrogen functional groups attached to an aromatic ring is 1. The zero-order valence-corrected chi connectivity index (χ0v) is 17.5. The van der Waals surface area contributed by atoms with E-state index >= 15 is 0 Å². The second-order valence-electron chi connectivity index (χ2n) is 7.30. The topological polar surface area (TPSA) is 142 Å². The number of nitrogens with one attached hydrogen (secondary N) is 2. The highest BCUT2D eigenvalue weighted by Gasteiger charge is 2.34. The predicted molar refractivity (Wildman–Crippen MR) is 120 cm³/mol. The number of aliphatic imine (C=N–C) groups is 2. The van der Waals surface area contributed by atoms with Crippen molar-refractivity contribution < 1.29 is 17.6 Å². The van der Waals surface area contributed by atoms with Crippen LogP contribution in [0, 0.1) is 11.2 Å². The second kappa shape index (κ2) is 9.96. The molecule has 1 fully saturated rings. The number of hydrogen-bond donors (Lipinski definition) is 5. The lowest BCUT2D eigenvalue weighted by molar-refractivity contribution is -0.138. The number of piperazine rings is 1. The van der Waals surface area contributed by atoms with Gasteiger partial charge in [-0.3, -0.25) is 5.41 Å². The van der Waals surface area contributed by atoms with E-state index in [4.69, 9.17) is 22.6 Å². The number of halogens is 4. The Morgan fingerprint density at radius 3 is 2.45 bits per heavy atom. The number of hydrogen-bond acceptors (Lipinski definition) is 5. The highest BCUT2D eigenvalue weighted by molar-refractivity contribution is 6.41. The van der Waals surface area contributed by atoms with Gasteiger partial charge in [0.25, 0.3) is 0 Å². The van der Waals surface area contributed by atoms with Crippen molar-refractivity contribution in [1.29, 1.82) is 5.41 Å². The molecule has 0 spiro atoms. The third-order valence-electron chi connectivity index (χ3n) is 5.01. The molecule has 1 atom stereocenters. The Balaban J connectivity index is 2.06. The van der Waals surface area contributed by atoms with Crippen LogP contribution in [0.3, 0.4) is 0 Å². The Kier molecular flexibility index (Phi) is 7.29. The lowest BCUT2D eigenvalue weighted by Crippen LogP contribution is -2.48. The van der Waals surface area contributed by atoms with Gasteiger partial charge in [-0.2, -0.15) is 13.2 Å². The molecule has 0 aromatic heterocycles. The summed E-state index contributed by atoms with van der Waals surface area (Å²) in [5, 5.41) is 11.7. The van der Waals surface area contributed by atoms with E-state index in [1.807, 2.05) is 0 Å². The molecule has 12 heteroatoms. The van der Waals surface area contributed by atoms with Gasteiger partial charge >= 0.3 is 6.18 Å². The molecule has 2 aromatic rings. The number of nitrogens with zero attached hydrogens (tertiary/aromatic N) is 3. The van der Waals surface area contributed by atoms with Crippen LogP contribution in [0.4, 0.5) is 23.2 Å². The van der Waals surface area contributed by atoms with Gasteiger partial charge < -0.3 is 27.4 Å². The van der Waals surface area contributed by atoms with Crippen LogP contribution in [0.25, 0.3) is 0 Å². The molecular formula is C21H24F4N8. The van der Waals surface area contributed by atoms with Crippen LogP contribution < -0.4 is 22.5 Å². The normalized spacial score (nSPS) is 16.6. The van der Waals surface area contributed by atoms with Crippen molar-refractivity contribution >= 4 is 23.2 Å². The van der Waals surface area contributed by atoms with Crippen molar-refractivity contribution in [2.45, 2.75) is 12.3 Å². The first-order valence-corrected chi connectivity index (χ1v) is 10.0. The first kappa shape index (κ1) is 24.1. The number of benzene rings is 2. The maximum atomic E-state index is 13.7. The number of alkyl halides is 3. The highest BCUT2D eigenvalue weighted by Crippen LogP contribution is 2.34. The zero-order chi connectivity index (χ0) is 24.2. The molecule has 1 saturated heterocycles. The molecule has 33 heavy (non-hydrogen) atoms. The average Bonchev–Trinajstić information content (AvgIpc) is 2.79. The van der Waals surface area contributed by atoms with Crippen LogP contribution in [0.15, 0.2) is 52.4 Å². The SMILES string of the molecule is N=C(/C(N=C(N)c1cc(F)ccc1N)=N\C(N)c1ccccc1C(F)(F)F)N1CCNCC1. The minimum absolute atomic E-state index is 0.0695. The summed E-state index contributed by atoms with van der Waals surface area (Å²) in [5.41, 5.74) is 16.9. The summed E-state index contributed by atoms with van der Waals surface area (Å²) >= 11 is 0.